The molecule has 2 aliphatic rings. The molecule has 132 valence electrons. The van der Waals surface area contributed by atoms with E-state index in [4.69, 9.17) is 0 Å². The molecule has 0 saturated carbocycles. The van der Waals surface area contributed by atoms with Crippen LogP contribution in [0.4, 0.5) is 0 Å². The maximum absolute atomic E-state index is 9.95. The van der Waals surface area contributed by atoms with Crippen LogP contribution in [0.25, 0.3) is 11.1 Å². The number of aliphatic hydroxyl groups is 1. The molecule has 2 saturated heterocycles. The number of hydrogen-bond donors (Lipinski definition) is 1. The van der Waals surface area contributed by atoms with Gasteiger partial charge < -0.3 is 10.0 Å². The third kappa shape index (κ3) is 3.22. The summed E-state index contributed by atoms with van der Waals surface area (Å²) < 4.78 is 0. The fourth-order valence-electron chi connectivity index (χ4n) is 4.54. The lowest BCUT2D eigenvalue weighted by atomic mass is 9.74. The molecule has 0 amide bonds. The Balaban J connectivity index is 1.57. The highest BCUT2D eigenvalue weighted by atomic mass is 16.3. The van der Waals surface area contributed by atoms with Gasteiger partial charge in [-0.25, -0.2) is 0 Å². The maximum Gasteiger partial charge on any atom is 0.0593 e. The van der Waals surface area contributed by atoms with E-state index >= 15 is 0 Å². The molecule has 2 aliphatic heterocycles. The molecule has 3 heterocycles. The van der Waals surface area contributed by atoms with Gasteiger partial charge in [0.2, 0.25) is 0 Å². The van der Waals surface area contributed by atoms with Gasteiger partial charge in [0.25, 0.3) is 0 Å². The van der Waals surface area contributed by atoms with E-state index in [9.17, 15) is 5.11 Å². The van der Waals surface area contributed by atoms with E-state index in [0.29, 0.717) is 12.0 Å². The van der Waals surface area contributed by atoms with E-state index in [0.717, 1.165) is 18.7 Å². The van der Waals surface area contributed by atoms with Crippen LogP contribution in [0, 0.1) is 0 Å². The first-order chi connectivity index (χ1) is 12.3. The molecular formula is C21H27N3O. The van der Waals surface area contributed by atoms with Crippen LogP contribution in [0.15, 0.2) is 48.8 Å². The first kappa shape index (κ1) is 16.7. The standard InChI is InChI=1S/C21H27N3O/c1-23-11-2-3-12-24-19(14-23)21(20(24)15-25)17-8-6-16(7-9-17)18-5-4-10-22-13-18/h4-10,13,19-21,25H,2-3,11-12,14-15H2,1H3/t19-,20+,21+/m1/s1. The lowest BCUT2D eigenvalue weighted by molar-refractivity contribution is -0.0614. The van der Waals surface area contributed by atoms with Gasteiger partial charge in [-0.3, -0.25) is 9.88 Å². The predicted molar refractivity (Wildman–Crippen MR) is 101 cm³/mol. The Morgan fingerprint density at radius 2 is 1.88 bits per heavy atom. The minimum absolute atomic E-state index is 0.245. The molecule has 4 heteroatoms. The average Bonchev–Trinajstić information content (AvgIpc) is 2.64. The van der Waals surface area contributed by atoms with Gasteiger partial charge >= 0.3 is 0 Å². The molecule has 25 heavy (non-hydrogen) atoms. The zero-order valence-electron chi connectivity index (χ0n) is 14.9. The number of aromatic nitrogens is 1. The number of pyridine rings is 1. The molecule has 1 aromatic carbocycles. The van der Waals surface area contributed by atoms with Crippen molar-refractivity contribution in [2.75, 3.05) is 33.3 Å². The monoisotopic (exact) mass is 337 g/mol. The van der Waals surface area contributed by atoms with Crippen molar-refractivity contribution in [3.63, 3.8) is 0 Å². The summed E-state index contributed by atoms with van der Waals surface area (Å²) in [5.74, 6) is 0.425. The number of fused-ring (bicyclic) bond motifs is 1. The topological polar surface area (TPSA) is 39.6 Å². The summed E-state index contributed by atoms with van der Waals surface area (Å²) in [4.78, 5) is 9.18. The van der Waals surface area contributed by atoms with E-state index < -0.39 is 0 Å². The SMILES string of the molecule is CN1CCCCN2[C@H](C1)[C@H](c1ccc(-c3cccnc3)cc1)[C@@H]2CO. The van der Waals surface area contributed by atoms with Gasteiger partial charge in [0, 0.05) is 36.9 Å². The summed E-state index contributed by atoms with van der Waals surface area (Å²) in [6.45, 7) is 3.63. The quantitative estimate of drug-likeness (QED) is 0.934. The van der Waals surface area contributed by atoms with Crippen molar-refractivity contribution in [1.82, 2.24) is 14.8 Å². The van der Waals surface area contributed by atoms with Gasteiger partial charge in [0.1, 0.15) is 0 Å². The summed E-state index contributed by atoms with van der Waals surface area (Å²) in [7, 11) is 2.22. The van der Waals surface area contributed by atoms with Crippen molar-refractivity contribution in [2.24, 2.45) is 0 Å². The highest BCUT2D eigenvalue weighted by Crippen LogP contribution is 2.42. The van der Waals surface area contributed by atoms with Crippen LogP contribution in [0.1, 0.15) is 24.3 Å². The Labute approximate surface area is 150 Å². The molecule has 0 bridgehead atoms. The molecule has 0 aliphatic carbocycles. The Bertz CT molecular complexity index is 688. The van der Waals surface area contributed by atoms with E-state index in [-0.39, 0.29) is 12.6 Å². The average molecular weight is 337 g/mol. The maximum atomic E-state index is 9.95. The van der Waals surface area contributed by atoms with E-state index in [1.807, 2.05) is 12.3 Å². The fraction of sp³-hybridized carbons (Fsp3) is 0.476. The van der Waals surface area contributed by atoms with Crippen LogP contribution in [0.3, 0.4) is 0 Å². The third-order valence-electron chi connectivity index (χ3n) is 5.86. The zero-order chi connectivity index (χ0) is 17.2. The second kappa shape index (κ2) is 7.24. The summed E-state index contributed by atoms with van der Waals surface area (Å²) in [5.41, 5.74) is 3.69. The molecule has 3 atom stereocenters. The molecule has 2 aromatic rings. The van der Waals surface area contributed by atoms with Crippen molar-refractivity contribution in [2.45, 2.75) is 30.8 Å². The van der Waals surface area contributed by atoms with Gasteiger partial charge in [-0.05, 0) is 55.7 Å². The summed E-state index contributed by atoms with van der Waals surface area (Å²) in [6, 6.07) is 13.7. The lowest BCUT2D eigenvalue weighted by Gasteiger charge is -2.57. The molecular weight excluding hydrogens is 310 g/mol. The first-order valence-corrected chi connectivity index (χ1v) is 9.33. The smallest absolute Gasteiger partial charge is 0.0593 e. The van der Waals surface area contributed by atoms with Crippen molar-refractivity contribution in [3.05, 3.63) is 54.4 Å². The molecule has 0 unspecified atom stereocenters. The largest absolute Gasteiger partial charge is 0.395 e. The molecule has 0 spiro atoms. The van der Waals surface area contributed by atoms with Gasteiger partial charge in [-0.15, -0.1) is 0 Å². The van der Waals surface area contributed by atoms with Crippen LogP contribution >= 0.6 is 0 Å². The highest BCUT2D eigenvalue weighted by Gasteiger charge is 2.48. The zero-order valence-corrected chi connectivity index (χ0v) is 14.9. The second-order valence-electron chi connectivity index (χ2n) is 7.41. The van der Waals surface area contributed by atoms with Crippen LogP contribution in [0.2, 0.25) is 0 Å². The Morgan fingerprint density at radius 3 is 2.60 bits per heavy atom. The third-order valence-corrected chi connectivity index (χ3v) is 5.86. The van der Waals surface area contributed by atoms with E-state index in [1.54, 1.807) is 6.20 Å². The Kier molecular flexibility index (Phi) is 4.84. The number of nitrogens with zero attached hydrogens (tertiary/aromatic N) is 3. The second-order valence-corrected chi connectivity index (χ2v) is 7.41. The molecule has 2 fully saturated rings. The normalized spacial score (nSPS) is 27.8. The molecule has 1 aromatic heterocycles. The summed E-state index contributed by atoms with van der Waals surface area (Å²) in [6.07, 6.45) is 6.19. The summed E-state index contributed by atoms with van der Waals surface area (Å²) >= 11 is 0. The molecule has 1 N–H and O–H groups in total. The van der Waals surface area contributed by atoms with Crippen LogP contribution < -0.4 is 0 Å². The Hall–Kier alpha value is -1.75. The van der Waals surface area contributed by atoms with Crippen molar-refractivity contribution in [1.29, 1.82) is 0 Å². The van der Waals surface area contributed by atoms with Crippen molar-refractivity contribution in [3.8, 4) is 11.1 Å². The van der Waals surface area contributed by atoms with Crippen LogP contribution in [-0.2, 0) is 0 Å². The van der Waals surface area contributed by atoms with Crippen LogP contribution in [0.5, 0.6) is 0 Å². The highest BCUT2D eigenvalue weighted by molar-refractivity contribution is 5.62. The number of aliphatic hydroxyl groups excluding tert-OH is 1. The van der Waals surface area contributed by atoms with E-state index in [1.165, 1.54) is 30.5 Å². The predicted octanol–water partition coefficient (Wildman–Crippen LogP) is 2.60. The number of hydrogen-bond acceptors (Lipinski definition) is 4. The van der Waals surface area contributed by atoms with Gasteiger partial charge in [-0.2, -0.15) is 0 Å². The molecule has 4 rings (SSSR count). The van der Waals surface area contributed by atoms with E-state index in [2.05, 4.69) is 52.2 Å². The number of likely N-dealkylation sites (N-methyl/N-ethyl adjacent to an activating group) is 1. The minimum atomic E-state index is 0.245. The summed E-state index contributed by atoms with van der Waals surface area (Å²) in [5, 5.41) is 9.95. The van der Waals surface area contributed by atoms with Crippen molar-refractivity contribution >= 4 is 0 Å². The first-order valence-electron chi connectivity index (χ1n) is 9.33. The molecule has 4 nitrogen and oxygen atoms in total. The minimum Gasteiger partial charge on any atom is -0.395 e. The fourth-order valence-corrected chi connectivity index (χ4v) is 4.54. The number of rotatable bonds is 3. The van der Waals surface area contributed by atoms with Gasteiger partial charge in [-0.1, -0.05) is 30.3 Å². The number of benzene rings is 1. The van der Waals surface area contributed by atoms with Crippen molar-refractivity contribution < 1.29 is 5.11 Å². The molecule has 0 radical (unpaired) electrons. The van der Waals surface area contributed by atoms with Gasteiger partial charge in [0.05, 0.1) is 6.61 Å². The lowest BCUT2D eigenvalue weighted by Crippen LogP contribution is -2.67. The Morgan fingerprint density at radius 1 is 1.08 bits per heavy atom. The van der Waals surface area contributed by atoms with Gasteiger partial charge in [0.15, 0.2) is 0 Å². The van der Waals surface area contributed by atoms with Crippen LogP contribution in [-0.4, -0.2) is 65.3 Å².